The molecule has 0 saturated heterocycles. The van der Waals surface area contributed by atoms with Crippen LogP contribution in [-0.4, -0.2) is 39.4 Å². The second-order valence-electron chi connectivity index (χ2n) is 17.3. The maximum Gasteiger partial charge on any atom is 0.0895 e. The van der Waals surface area contributed by atoms with E-state index >= 15 is 4.57 Å². The topological polar surface area (TPSA) is 73.0 Å². The zero-order valence-electron chi connectivity index (χ0n) is 37.0. The molecular formula is C60H39N5OP2Se. The fourth-order valence-corrected chi connectivity index (χ4v) is 17.5. The summed E-state index contributed by atoms with van der Waals surface area (Å²) in [5, 5.41) is 11.7. The second-order valence-corrected chi connectivity index (χ2v) is 26.3. The Morgan fingerprint density at radius 2 is 0.971 bits per heavy atom. The first kappa shape index (κ1) is 41.6. The van der Waals surface area contributed by atoms with E-state index < -0.39 is 12.7 Å². The van der Waals surface area contributed by atoms with Crippen molar-refractivity contribution in [2.75, 3.05) is 0 Å². The molecule has 9 heteroatoms. The van der Waals surface area contributed by atoms with Gasteiger partial charge in [-0.3, -0.25) is 4.98 Å². The van der Waals surface area contributed by atoms with Crippen molar-refractivity contribution in [3.8, 4) is 22.5 Å². The molecule has 13 aromatic rings. The molecule has 326 valence electrons. The number of benzene rings is 9. The second kappa shape index (κ2) is 16.6. The predicted molar refractivity (Wildman–Crippen MR) is 291 cm³/mol. The summed E-state index contributed by atoms with van der Waals surface area (Å²) >= 11 is 3.67. The first-order chi connectivity index (χ1) is 33.9. The molecule has 6 nitrogen and oxygen atoms in total. The summed E-state index contributed by atoms with van der Waals surface area (Å²) in [4.78, 5) is 20.7. The van der Waals surface area contributed by atoms with E-state index in [1.165, 1.54) is 15.9 Å². The maximum absolute atomic E-state index is 15.2. The summed E-state index contributed by atoms with van der Waals surface area (Å²) in [5.74, 6) is 0. The van der Waals surface area contributed by atoms with Crippen molar-refractivity contribution < 1.29 is 4.57 Å². The molecule has 0 aliphatic rings. The summed E-state index contributed by atoms with van der Waals surface area (Å²) in [7, 11) is -3.19. The SMILES string of the molecule is O=P(c1ccccc1)(c1ccccc1)c1ccc2nc(-c3ccc4c5ccc6ccccc6c5c5nc6ccc(-c7ccc(P(=[Se])(c8ccccc8)c8ccccc8)cn7)cc6n5c4c3)cnc2c1. The zero-order chi connectivity index (χ0) is 46.1. The van der Waals surface area contributed by atoms with Gasteiger partial charge in [-0.05, 0) is 23.6 Å². The number of pyridine rings is 2. The van der Waals surface area contributed by atoms with Crippen LogP contribution in [0.3, 0.4) is 0 Å². The quantitative estimate of drug-likeness (QED) is 0.0862. The number of imidazole rings is 1. The Morgan fingerprint density at radius 3 is 1.65 bits per heavy atom. The summed E-state index contributed by atoms with van der Waals surface area (Å²) in [6, 6.07) is 77.2. The van der Waals surface area contributed by atoms with E-state index in [9.17, 15) is 0 Å². The van der Waals surface area contributed by atoms with Gasteiger partial charge in [-0.25, -0.2) is 4.98 Å². The minimum absolute atomic E-state index is 0.684. The Hall–Kier alpha value is -7.62. The molecule has 0 aliphatic carbocycles. The van der Waals surface area contributed by atoms with E-state index in [1.807, 2.05) is 85.1 Å². The molecule has 9 aromatic carbocycles. The molecule has 0 bridgehead atoms. The normalized spacial score (nSPS) is 12.2. The number of hydrogen-bond donors (Lipinski definition) is 0. The van der Waals surface area contributed by atoms with Gasteiger partial charge in [0, 0.05) is 15.9 Å². The summed E-state index contributed by atoms with van der Waals surface area (Å²) in [6.07, 6.45) is 3.88. The fourth-order valence-electron chi connectivity index (χ4n) is 10.0. The van der Waals surface area contributed by atoms with Gasteiger partial charge in [0.05, 0.1) is 22.9 Å². The van der Waals surface area contributed by atoms with E-state index in [4.69, 9.17) is 19.9 Å². The Morgan fingerprint density at radius 1 is 0.391 bits per heavy atom. The van der Waals surface area contributed by atoms with Crippen LogP contribution in [0.5, 0.6) is 0 Å². The molecule has 4 aromatic heterocycles. The van der Waals surface area contributed by atoms with Crippen LogP contribution >= 0.6 is 12.7 Å². The van der Waals surface area contributed by atoms with Crippen LogP contribution in [0.25, 0.3) is 82.7 Å². The van der Waals surface area contributed by atoms with E-state index in [-0.39, 0.29) is 0 Å². The molecule has 0 saturated carbocycles. The molecule has 4 heterocycles. The molecule has 0 N–H and O–H groups in total. The van der Waals surface area contributed by atoms with Gasteiger partial charge in [0.25, 0.3) is 0 Å². The molecule has 69 heavy (non-hydrogen) atoms. The van der Waals surface area contributed by atoms with Gasteiger partial charge < -0.3 is 4.57 Å². The molecule has 0 atom stereocenters. The molecule has 13 rings (SSSR count). The zero-order valence-corrected chi connectivity index (χ0v) is 40.5. The third-order valence-corrected chi connectivity index (χ3v) is 23.5. The molecule has 0 radical (unpaired) electrons. The minimum atomic E-state index is -3.19. The van der Waals surface area contributed by atoms with Crippen LogP contribution in [-0.2, 0) is 4.57 Å². The first-order valence-corrected chi connectivity index (χ1v) is 28.5. The van der Waals surface area contributed by atoms with Crippen molar-refractivity contribution >= 4 is 120 Å². The monoisotopic (exact) mass is 987 g/mol. The molecular weight excluding hydrogens is 948 g/mol. The van der Waals surface area contributed by atoms with Crippen molar-refractivity contribution in [2.24, 2.45) is 0 Å². The number of aromatic nitrogens is 5. The van der Waals surface area contributed by atoms with E-state index in [0.717, 1.165) is 93.1 Å². The number of hydrogen-bond acceptors (Lipinski definition) is 5. The van der Waals surface area contributed by atoms with Crippen LogP contribution < -0.4 is 31.8 Å². The molecule has 0 fully saturated rings. The third kappa shape index (κ3) is 6.77. The van der Waals surface area contributed by atoms with Gasteiger partial charge in [-0.2, -0.15) is 0 Å². The molecule has 0 aliphatic heterocycles. The summed E-state index contributed by atoms with van der Waals surface area (Å²) < 4.78 is 17.5. The Bertz CT molecular complexity index is 4160. The smallest absolute Gasteiger partial charge is 0.0895 e. The van der Waals surface area contributed by atoms with E-state index in [2.05, 4.69) is 171 Å². The average molecular weight is 987 g/mol. The summed E-state index contributed by atoms with van der Waals surface area (Å²) in [5.41, 5.74) is 6.69. The van der Waals surface area contributed by atoms with Crippen molar-refractivity contribution in [3.63, 3.8) is 0 Å². The van der Waals surface area contributed by atoms with Crippen LogP contribution in [0, 0.1) is 0 Å². The molecule has 0 amide bonds. The Labute approximate surface area is 405 Å². The van der Waals surface area contributed by atoms with Crippen molar-refractivity contribution in [1.82, 2.24) is 24.3 Å². The van der Waals surface area contributed by atoms with Gasteiger partial charge in [0.2, 0.25) is 0 Å². The maximum atomic E-state index is 15.2. The average Bonchev–Trinajstić information content (AvgIpc) is 3.82. The first-order valence-electron chi connectivity index (χ1n) is 22.8. The van der Waals surface area contributed by atoms with Crippen LogP contribution in [0.4, 0.5) is 0 Å². The Balaban J connectivity index is 0.959. The molecule has 0 unspecified atom stereocenters. The van der Waals surface area contributed by atoms with Gasteiger partial charge in [0.15, 0.2) is 7.14 Å². The van der Waals surface area contributed by atoms with E-state index in [1.54, 1.807) is 0 Å². The van der Waals surface area contributed by atoms with Crippen molar-refractivity contribution in [3.05, 3.63) is 237 Å². The van der Waals surface area contributed by atoms with Gasteiger partial charge >= 0.3 is 221 Å². The fraction of sp³-hybridized carbons (Fsp3) is 0. The van der Waals surface area contributed by atoms with E-state index in [0.29, 0.717) is 5.52 Å². The van der Waals surface area contributed by atoms with Gasteiger partial charge in [-0.15, -0.1) is 0 Å². The summed E-state index contributed by atoms with van der Waals surface area (Å²) in [6.45, 7) is 0. The number of rotatable bonds is 8. The standard InChI is InChI=1S/C60H39N5OP2Se/c66-67(43-16-5-1-6-17-43,44-18-7-2-8-19-44)47-28-34-53-55(37-47)62-39-56(63-53)42-26-30-50-51-31-25-40-15-13-14-24-49(40)59(51)60-64-54-32-27-41(36-58(54)65(60)57(50)35-42)52-33-29-48(38-61-52)68(69,45-20-9-3-10-21-45)46-22-11-4-12-23-46/h1-39H. The Kier molecular flexibility index (Phi) is 9.97. The van der Waals surface area contributed by atoms with Crippen LogP contribution in [0.2, 0.25) is 0 Å². The number of nitrogens with zero attached hydrogens (tertiary/aromatic N) is 5. The van der Waals surface area contributed by atoms with Crippen molar-refractivity contribution in [1.29, 1.82) is 0 Å². The largest absolute Gasteiger partial charge is 0.252 e. The third-order valence-electron chi connectivity index (χ3n) is 13.4. The minimum Gasteiger partial charge on any atom is -0.252 e. The van der Waals surface area contributed by atoms with Crippen molar-refractivity contribution in [2.45, 2.75) is 0 Å². The van der Waals surface area contributed by atoms with Gasteiger partial charge in [0.1, 0.15) is 0 Å². The van der Waals surface area contributed by atoms with Gasteiger partial charge in [-0.1, -0.05) is 103 Å². The molecule has 0 spiro atoms. The predicted octanol–water partition coefficient (Wildman–Crippen LogP) is 11.6. The van der Waals surface area contributed by atoms with Crippen LogP contribution in [0.1, 0.15) is 0 Å². The number of fused-ring (bicyclic) bond motifs is 11. The van der Waals surface area contributed by atoms with Crippen LogP contribution in [0.15, 0.2) is 237 Å².